The van der Waals surface area contributed by atoms with Crippen LogP contribution in [-0.4, -0.2) is 37.4 Å². The van der Waals surface area contributed by atoms with Crippen molar-refractivity contribution >= 4 is 0 Å². The van der Waals surface area contributed by atoms with E-state index in [9.17, 15) is 5.11 Å². The smallest absolute Gasteiger partial charge is 0.161 e. The Morgan fingerprint density at radius 1 is 0.938 bits per heavy atom. The highest BCUT2D eigenvalue weighted by atomic mass is 16.5. The number of methoxy groups -OCH3 is 2. The van der Waals surface area contributed by atoms with Crippen molar-refractivity contribution in [1.82, 2.24) is 4.90 Å². The van der Waals surface area contributed by atoms with E-state index in [0.29, 0.717) is 13.0 Å². The molecule has 0 aliphatic carbocycles. The van der Waals surface area contributed by atoms with Crippen molar-refractivity contribution in [2.75, 3.05) is 27.4 Å². The van der Waals surface area contributed by atoms with Gasteiger partial charge in [-0.2, -0.15) is 0 Å². The number of hydrogen-bond donors (Lipinski definition) is 1. The molecule has 1 heterocycles. The minimum absolute atomic E-state index is 0.497. The van der Waals surface area contributed by atoms with Crippen molar-refractivity contribution in [2.24, 2.45) is 0 Å². The Hall–Kier alpha value is -3.02. The third kappa shape index (κ3) is 5.42. The lowest BCUT2D eigenvalue weighted by Crippen LogP contribution is -2.25. The maximum Gasteiger partial charge on any atom is 0.161 e. The van der Waals surface area contributed by atoms with E-state index in [-0.39, 0.29) is 0 Å². The molecule has 0 spiro atoms. The van der Waals surface area contributed by atoms with Crippen LogP contribution >= 0.6 is 0 Å². The summed E-state index contributed by atoms with van der Waals surface area (Å²) in [4.78, 5) is 2.35. The molecular weight excluding hydrogens is 402 g/mol. The van der Waals surface area contributed by atoms with Gasteiger partial charge in [-0.25, -0.2) is 0 Å². The summed E-state index contributed by atoms with van der Waals surface area (Å²) in [6.07, 6.45) is 1.04. The zero-order chi connectivity index (χ0) is 22.3. The van der Waals surface area contributed by atoms with E-state index in [0.717, 1.165) is 60.0 Å². The second-order valence-corrected chi connectivity index (χ2v) is 8.16. The Morgan fingerprint density at radius 2 is 1.75 bits per heavy atom. The summed E-state index contributed by atoms with van der Waals surface area (Å²) in [6.45, 7) is 3.01. The molecule has 5 heteroatoms. The molecule has 0 saturated carbocycles. The van der Waals surface area contributed by atoms with Crippen LogP contribution in [0.25, 0.3) is 0 Å². The Labute approximate surface area is 190 Å². The number of nitrogens with zero attached hydrogens (tertiary/aromatic N) is 1. The fraction of sp³-hybridized carbons (Fsp3) is 0.333. The van der Waals surface area contributed by atoms with Gasteiger partial charge in [0.2, 0.25) is 0 Å². The molecule has 0 aromatic heterocycles. The number of benzene rings is 3. The highest BCUT2D eigenvalue weighted by Gasteiger charge is 2.18. The molecule has 5 nitrogen and oxygen atoms in total. The van der Waals surface area contributed by atoms with E-state index in [1.54, 1.807) is 14.2 Å². The van der Waals surface area contributed by atoms with Gasteiger partial charge in [0.05, 0.1) is 20.3 Å². The van der Waals surface area contributed by atoms with E-state index in [4.69, 9.17) is 14.2 Å². The number of fused-ring (bicyclic) bond motifs is 1. The van der Waals surface area contributed by atoms with Gasteiger partial charge in [-0.05, 0) is 53.8 Å². The average molecular weight is 434 g/mol. The van der Waals surface area contributed by atoms with E-state index in [2.05, 4.69) is 29.2 Å². The maximum absolute atomic E-state index is 10.8. The van der Waals surface area contributed by atoms with Gasteiger partial charge in [-0.15, -0.1) is 0 Å². The Kier molecular flexibility index (Phi) is 7.30. The van der Waals surface area contributed by atoms with E-state index in [1.807, 2.05) is 42.5 Å². The topological polar surface area (TPSA) is 51.2 Å². The van der Waals surface area contributed by atoms with Gasteiger partial charge >= 0.3 is 0 Å². The van der Waals surface area contributed by atoms with Crippen LogP contribution in [0.5, 0.6) is 17.2 Å². The number of aryl methyl sites for hydroxylation is 1. The van der Waals surface area contributed by atoms with Crippen LogP contribution < -0.4 is 14.2 Å². The Bertz CT molecular complexity index is 1020. The standard InChI is InChI=1S/C27H31NO4/c1-30-26-12-9-21(16-27(26)31-2)18-28-14-15-32-25-13-10-22(17-23(25)19-28)24(29)11-8-20-6-4-3-5-7-20/h3-7,9-10,12-13,16-17,24,29H,8,11,14-15,18-19H2,1-2H3/t24-/m1/s1. The SMILES string of the molecule is COc1ccc(CN2CCOc3ccc([C@H](O)CCc4ccccc4)cc3C2)cc1OC. The van der Waals surface area contributed by atoms with Crippen molar-refractivity contribution < 1.29 is 19.3 Å². The van der Waals surface area contributed by atoms with Gasteiger partial charge in [-0.3, -0.25) is 4.90 Å². The molecule has 32 heavy (non-hydrogen) atoms. The third-order valence-corrected chi connectivity index (χ3v) is 5.93. The average Bonchev–Trinajstić information content (AvgIpc) is 3.04. The fourth-order valence-electron chi connectivity index (χ4n) is 4.16. The molecule has 4 rings (SSSR count). The predicted molar refractivity (Wildman–Crippen MR) is 125 cm³/mol. The lowest BCUT2D eigenvalue weighted by Gasteiger charge is -2.21. The fourth-order valence-corrected chi connectivity index (χ4v) is 4.16. The van der Waals surface area contributed by atoms with Crippen molar-refractivity contribution in [3.05, 3.63) is 89.0 Å². The summed E-state index contributed by atoms with van der Waals surface area (Å²) in [5, 5.41) is 10.8. The van der Waals surface area contributed by atoms with E-state index >= 15 is 0 Å². The number of rotatable bonds is 8. The van der Waals surface area contributed by atoms with Crippen LogP contribution in [-0.2, 0) is 19.5 Å². The third-order valence-electron chi connectivity index (χ3n) is 5.93. The van der Waals surface area contributed by atoms with Crippen molar-refractivity contribution in [2.45, 2.75) is 32.0 Å². The van der Waals surface area contributed by atoms with Gasteiger partial charge in [-0.1, -0.05) is 42.5 Å². The Morgan fingerprint density at radius 3 is 2.53 bits per heavy atom. The summed E-state index contributed by atoms with van der Waals surface area (Å²) in [5.41, 5.74) is 4.45. The van der Waals surface area contributed by atoms with Gasteiger partial charge < -0.3 is 19.3 Å². The lowest BCUT2D eigenvalue weighted by atomic mass is 9.99. The molecule has 0 saturated heterocycles. The van der Waals surface area contributed by atoms with Crippen LogP contribution in [0.4, 0.5) is 0 Å². The van der Waals surface area contributed by atoms with E-state index < -0.39 is 6.10 Å². The summed E-state index contributed by atoms with van der Waals surface area (Å²) >= 11 is 0. The van der Waals surface area contributed by atoms with Crippen LogP contribution in [0, 0.1) is 0 Å². The first kappa shape index (κ1) is 22.2. The second kappa shape index (κ2) is 10.5. The molecule has 1 aliphatic heterocycles. The number of aliphatic hydroxyl groups excluding tert-OH is 1. The molecule has 3 aromatic carbocycles. The summed E-state index contributed by atoms with van der Waals surface area (Å²) in [5.74, 6) is 2.37. The van der Waals surface area contributed by atoms with Gasteiger partial charge in [0.25, 0.3) is 0 Å². The summed E-state index contributed by atoms with van der Waals surface area (Å²) in [6, 6.07) is 22.4. The minimum atomic E-state index is -0.497. The van der Waals surface area contributed by atoms with Crippen molar-refractivity contribution in [3.8, 4) is 17.2 Å². The number of aliphatic hydroxyl groups is 1. The normalized spacial score (nSPS) is 14.7. The molecule has 1 aliphatic rings. The van der Waals surface area contributed by atoms with Gasteiger partial charge in [0.1, 0.15) is 12.4 Å². The minimum Gasteiger partial charge on any atom is -0.493 e. The zero-order valence-electron chi connectivity index (χ0n) is 18.8. The van der Waals surface area contributed by atoms with Crippen LogP contribution in [0.15, 0.2) is 66.7 Å². The van der Waals surface area contributed by atoms with Crippen LogP contribution in [0.3, 0.4) is 0 Å². The van der Waals surface area contributed by atoms with Gasteiger partial charge in [0, 0.05) is 25.2 Å². The Balaban J connectivity index is 1.44. The molecule has 1 N–H and O–H groups in total. The molecule has 0 amide bonds. The van der Waals surface area contributed by atoms with Crippen molar-refractivity contribution in [1.29, 1.82) is 0 Å². The quantitative estimate of drug-likeness (QED) is 0.555. The molecule has 1 atom stereocenters. The number of hydrogen-bond acceptors (Lipinski definition) is 5. The van der Waals surface area contributed by atoms with Gasteiger partial charge in [0.15, 0.2) is 11.5 Å². The molecule has 168 valence electrons. The maximum atomic E-state index is 10.8. The molecule has 0 unspecified atom stereocenters. The van der Waals surface area contributed by atoms with Crippen molar-refractivity contribution in [3.63, 3.8) is 0 Å². The highest BCUT2D eigenvalue weighted by molar-refractivity contribution is 5.43. The second-order valence-electron chi connectivity index (χ2n) is 8.16. The van der Waals surface area contributed by atoms with Crippen LogP contribution in [0.2, 0.25) is 0 Å². The predicted octanol–water partition coefficient (Wildman–Crippen LogP) is 4.76. The first-order chi connectivity index (χ1) is 15.7. The molecule has 3 aromatic rings. The zero-order valence-corrected chi connectivity index (χ0v) is 18.8. The first-order valence-electron chi connectivity index (χ1n) is 11.1. The number of ether oxygens (including phenoxy) is 3. The summed E-state index contributed by atoms with van der Waals surface area (Å²) < 4.78 is 16.8. The largest absolute Gasteiger partial charge is 0.493 e. The monoisotopic (exact) mass is 433 g/mol. The summed E-state index contributed by atoms with van der Waals surface area (Å²) in [7, 11) is 3.30. The molecule has 0 fully saturated rings. The van der Waals surface area contributed by atoms with E-state index in [1.165, 1.54) is 5.56 Å². The molecule has 0 bridgehead atoms. The lowest BCUT2D eigenvalue weighted by molar-refractivity contribution is 0.167. The molecular formula is C27H31NO4. The molecule has 0 radical (unpaired) electrons. The highest BCUT2D eigenvalue weighted by Crippen LogP contribution is 2.31. The first-order valence-corrected chi connectivity index (χ1v) is 11.1. The van der Waals surface area contributed by atoms with Crippen LogP contribution in [0.1, 0.15) is 34.8 Å².